The predicted octanol–water partition coefficient (Wildman–Crippen LogP) is 0.0701. The highest BCUT2D eigenvalue weighted by molar-refractivity contribution is 5.78. The molecule has 18 heavy (non-hydrogen) atoms. The molecule has 1 amide bonds. The number of nitrogens with one attached hydrogen (secondary N) is 1. The number of amides is 1. The highest BCUT2D eigenvalue weighted by Crippen LogP contribution is 2.09. The molecule has 1 atom stereocenters. The molecule has 0 bridgehead atoms. The van der Waals surface area contributed by atoms with Gasteiger partial charge in [-0.2, -0.15) is 0 Å². The van der Waals surface area contributed by atoms with Crippen molar-refractivity contribution in [3.63, 3.8) is 0 Å². The van der Waals surface area contributed by atoms with E-state index in [1.165, 1.54) is 17.1 Å². The van der Waals surface area contributed by atoms with E-state index >= 15 is 0 Å². The molecule has 3 rings (SSSR count). The second kappa shape index (κ2) is 4.21. The van der Waals surface area contributed by atoms with Gasteiger partial charge in [0.15, 0.2) is 0 Å². The van der Waals surface area contributed by atoms with Crippen molar-refractivity contribution < 1.29 is 4.79 Å². The summed E-state index contributed by atoms with van der Waals surface area (Å²) in [4.78, 5) is 31.4. The fraction of sp³-hybridized carbons (Fsp3) is 0.333. The summed E-state index contributed by atoms with van der Waals surface area (Å²) in [7, 11) is 0. The zero-order valence-corrected chi connectivity index (χ0v) is 9.67. The molecule has 3 heterocycles. The minimum atomic E-state index is -0.116. The van der Waals surface area contributed by atoms with Crippen molar-refractivity contribution >= 4 is 16.8 Å². The van der Waals surface area contributed by atoms with Gasteiger partial charge in [0.2, 0.25) is 5.91 Å². The number of nitrogens with zero attached hydrogens (tertiary/aromatic N) is 3. The quantitative estimate of drug-likeness (QED) is 0.811. The maximum absolute atomic E-state index is 12.2. The van der Waals surface area contributed by atoms with Crippen LogP contribution in [-0.4, -0.2) is 26.5 Å². The fourth-order valence-electron chi connectivity index (χ4n) is 2.19. The van der Waals surface area contributed by atoms with E-state index in [-0.39, 0.29) is 17.5 Å². The lowest BCUT2D eigenvalue weighted by molar-refractivity contribution is -0.119. The summed E-state index contributed by atoms with van der Waals surface area (Å²) in [5.41, 5.74) is 0.524. The lowest BCUT2D eigenvalue weighted by Gasteiger charge is -2.12. The molecule has 2 aromatic rings. The molecule has 6 nitrogen and oxygen atoms in total. The molecule has 0 spiro atoms. The van der Waals surface area contributed by atoms with Crippen LogP contribution in [0.2, 0.25) is 0 Å². The van der Waals surface area contributed by atoms with Crippen molar-refractivity contribution in [3.8, 4) is 0 Å². The van der Waals surface area contributed by atoms with Crippen LogP contribution in [0.5, 0.6) is 0 Å². The first-order chi connectivity index (χ1) is 8.74. The van der Waals surface area contributed by atoms with Gasteiger partial charge in [0.25, 0.3) is 5.56 Å². The van der Waals surface area contributed by atoms with Gasteiger partial charge in [0, 0.05) is 31.4 Å². The van der Waals surface area contributed by atoms with Gasteiger partial charge in [-0.3, -0.25) is 19.1 Å². The number of rotatable bonds is 2. The topological polar surface area (TPSA) is 76.9 Å². The number of fused-ring (bicyclic) bond motifs is 1. The van der Waals surface area contributed by atoms with Gasteiger partial charge in [-0.25, -0.2) is 4.98 Å². The normalized spacial score (nSPS) is 19.1. The van der Waals surface area contributed by atoms with Crippen molar-refractivity contribution in [2.75, 3.05) is 0 Å². The summed E-state index contributed by atoms with van der Waals surface area (Å²) < 4.78 is 1.53. The highest BCUT2D eigenvalue weighted by atomic mass is 16.2. The largest absolute Gasteiger partial charge is 0.352 e. The van der Waals surface area contributed by atoms with Crippen LogP contribution in [0.4, 0.5) is 0 Å². The third-order valence-corrected chi connectivity index (χ3v) is 3.13. The van der Waals surface area contributed by atoms with E-state index in [0.717, 1.165) is 6.42 Å². The first-order valence-corrected chi connectivity index (χ1v) is 5.82. The molecule has 1 unspecified atom stereocenters. The Morgan fingerprint density at radius 1 is 1.44 bits per heavy atom. The standard InChI is InChI=1S/C12H12N4O2/c17-11-2-1-8(15-11)6-16-7-14-10-3-4-13-5-9(10)12(16)18/h3-5,7-8H,1-2,6H2,(H,15,17). The van der Waals surface area contributed by atoms with Crippen LogP contribution in [0, 0.1) is 0 Å². The molecule has 1 aliphatic rings. The molecule has 0 radical (unpaired) electrons. The lowest BCUT2D eigenvalue weighted by Crippen LogP contribution is -2.34. The molecular weight excluding hydrogens is 232 g/mol. The third kappa shape index (κ3) is 1.85. The van der Waals surface area contributed by atoms with Gasteiger partial charge >= 0.3 is 0 Å². The Morgan fingerprint density at radius 2 is 2.33 bits per heavy atom. The first-order valence-electron chi connectivity index (χ1n) is 5.82. The Balaban J connectivity index is 1.95. The number of hydrogen-bond donors (Lipinski definition) is 1. The number of carbonyl (C=O) groups is 1. The van der Waals surface area contributed by atoms with Crippen molar-refractivity contribution in [1.29, 1.82) is 0 Å². The van der Waals surface area contributed by atoms with Gasteiger partial charge in [-0.15, -0.1) is 0 Å². The van der Waals surface area contributed by atoms with Crippen LogP contribution in [-0.2, 0) is 11.3 Å². The number of aromatic nitrogens is 3. The average molecular weight is 244 g/mol. The highest BCUT2D eigenvalue weighted by Gasteiger charge is 2.21. The molecule has 0 aliphatic carbocycles. The molecule has 1 fully saturated rings. The molecule has 0 aromatic carbocycles. The minimum absolute atomic E-state index is 0.0196. The second-order valence-corrected chi connectivity index (χ2v) is 4.40. The zero-order chi connectivity index (χ0) is 12.5. The minimum Gasteiger partial charge on any atom is -0.352 e. The SMILES string of the molecule is O=C1CCC(Cn2cnc3ccncc3c2=O)N1. The fourth-order valence-corrected chi connectivity index (χ4v) is 2.19. The van der Waals surface area contributed by atoms with Gasteiger partial charge < -0.3 is 5.32 Å². The number of carbonyl (C=O) groups excluding carboxylic acids is 1. The Bertz CT molecular complexity index is 664. The molecule has 1 saturated heterocycles. The van der Waals surface area contributed by atoms with Crippen molar-refractivity contribution in [1.82, 2.24) is 19.9 Å². The van der Waals surface area contributed by atoms with E-state index in [1.54, 1.807) is 12.3 Å². The van der Waals surface area contributed by atoms with E-state index in [1.807, 2.05) is 0 Å². The van der Waals surface area contributed by atoms with Crippen LogP contribution >= 0.6 is 0 Å². The molecular formula is C12H12N4O2. The second-order valence-electron chi connectivity index (χ2n) is 4.40. The van der Waals surface area contributed by atoms with Crippen LogP contribution < -0.4 is 10.9 Å². The molecule has 6 heteroatoms. The van der Waals surface area contributed by atoms with E-state index < -0.39 is 0 Å². The summed E-state index contributed by atoms with van der Waals surface area (Å²) in [6.07, 6.45) is 5.94. The number of hydrogen-bond acceptors (Lipinski definition) is 4. The van der Waals surface area contributed by atoms with Gasteiger partial charge in [-0.05, 0) is 12.5 Å². The Kier molecular flexibility index (Phi) is 2.55. The maximum atomic E-state index is 12.2. The summed E-state index contributed by atoms with van der Waals surface area (Å²) in [5.74, 6) is 0.0449. The van der Waals surface area contributed by atoms with E-state index in [2.05, 4.69) is 15.3 Å². The zero-order valence-electron chi connectivity index (χ0n) is 9.67. The third-order valence-electron chi connectivity index (χ3n) is 3.13. The molecule has 0 saturated carbocycles. The molecule has 1 aliphatic heterocycles. The monoisotopic (exact) mass is 244 g/mol. The van der Waals surface area contributed by atoms with Crippen LogP contribution in [0.15, 0.2) is 29.6 Å². The number of pyridine rings is 1. The van der Waals surface area contributed by atoms with Crippen molar-refractivity contribution in [3.05, 3.63) is 35.1 Å². The average Bonchev–Trinajstić information content (AvgIpc) is 2.79. The van der Waals surface area contributed by atoms with Gasteiger partial charge in [-0.1, -0.05) is 0 Å². The molecule has 1 N–H and O–H groups in total. The molecule has 92 valence electrons. The Labute approximate surface area is 103 Å². The predicted molar refractivity (Wildman–Crippen MR) is 65.0 cm³/mol. The van der Waals surface area contributed by atoms with Crippen LogP contribution in [0.3, 0.4) is 0 Å². The van der Waals surface area contributed by atoms with Crippen LogP contribution in [0.25, 0.3) is 10.9 Å². The van der Waals surface area contributed by atoms with Gasteiger partial charge in [0.1, 0.15) is 0 Å². The first kappa shape index (κ1) is 10.9. The van der Waals surface area contributed by atoms with Crippen molar-refractivity contribution in [2.24, 2.45) is 0 Å². The van der Waals surface area contributed by atoms with E-state index in [9.17, 15) is 9.59 Å². The Morgan fingerprint density at radius 3 is 3.11 bits per heavy atom. The van der Waals surface area contributed by atoms with Gasteiger partial charge in [0.05, 0.1) is 17.2 Å². The van der Waals surface area contributed by atoms with E-state index in [4.69, 9.17) is 0 Å². The summed E-state index contributed by atoms with van der Waals surface area (Å²) in [6, 6.07) is 1.73. The molecule has 2 aromatic heterocycles. The smallest absolute Gasteiger partial charge is 0.262 e. The Hall–Kier alpha value is -2.24. The summed E-state index contributed by atoms with van der Waals surface area (Å²) in [5, 5.41) is 3.34. The van der Waals surface area contributed by atoms with Crippen LogP contribution in [0.1, 0.15) is 12.8 Å². The summed E-state index contributed by atoms with van der Waals surface area (Å²) >= 11 is 0. The lowest BCUT2D eigenvalue weighted by atomic mass is 10.2. The maximum Gasteiger partial charge on any atom is 0.262 e. The summed E-state index contributed by atoms with van der Waals surface area (Å²) in [6.45, 7) is 0.461. The van der Waals surface area contributed by atoms with Crippen molar-refractivity contribution in [2.45, 2.75) is 25.4 Å². The van der Waals surface area contributed by atoms with E-state index in [0.29, 0.717) is 23.9 Å².